The summed E-state index contributed by atoms with van der Waals surface area (Å²) in [6.07, 6.45) is 5.69. The smallest absolute Gasteiger partial charge is 0.267 e. The van der Waals surface area contributed by atoms with E-state index in [1.807, 2.05) is 23.1 Å². The third-order valence-electron chi connectivity index (χ3n) is 4.93. The van der Waals surface area contributed by atoms with E-state index in [0.29, 0.717) is 30.0 Å². The van der Waals surface area contributed by atoms with E-state index < -0.39 is 5.91 Å². The summed E-state index contributed by atoms with van der Waals surface area (Å²) in [5.41, 5.74) is 4.12. The second-order valence-electron chi connectivity index (χ2n) is 7.04. The Morgan fingerprint density at radius 2 is 1.61 bits per heavy atom. The van der Waals surface area contributed by atoms with E-state index in [-0.39, 0.29) is 11.7 Å². The van der Waals surface area contributed by atoms with Crippen molar-refractivity contribution in [3.8, 4) is 0 Å². The van der Waals surface area contributed by atoms with Gasteiger partial charge < -0.3 is 9.80 Å². The number of ketones is 1. The van der Waals surface area contributed by atoms with Gasteiger partial charge in [-0.05, 0) is 42.5 Å². The summed E-state index contributed by atoms with van der Waals surface area (Å²) in [5.74, 6) is -0.717. The molecule has 1 fully saturated rings. The molecule has 3 rings (SSSR count). The van der Waals surface area contributed by atoms with Crippen LogP contribution in [0.5, 0.6) is 0 Å². The van der Waals surface area contributed by atoms with Crippen molar-refractivity contribution in [3.05, 3.63) is 71.6 Å². The van der Waals surface area contributed by atoms with Crippen LogP contribution in [0.1, 0.15) is 28.7 Å². The topological polar surface area (TPSA) is 103 Å². The fraction of sp³-hybridized carbons (Fsp3) is 0.217. The van der Waals surface area contributed by atoms with E-state index in [1.165, 1.54) is 17.6 Å². The van der Waals surface area contributed by atoms with Gasteiger partial charge in [0.1, 0.15) is 0 Å². The standard InChI is InChI=1S/C23H24N4O4/c1-17(28)26-12-14-27(15-13-26)21-7-2-4-18(16-21)22(29)10-8-19-5-3-6-20(24-19)9-11-23(30)25-31/h2-11,16,31H,12-15H2,1H3,(H,25,30)/b10-8+,11-9+. The van der Waals surface area contributed by atoms with Crippen LogP contribution < -0.4 is 10.4 Å². The summed E-state index contributed by atoms with van der Waals surface area (Å²) in [5, 5.41) is 8.52. The predicted octanol–water partition coefficient (Wildman–Crippen LogP) is 2.16. The van der Waals surface area contributed by atoms with Gasteiger partial charge in [-0.25, -0.2) is 10.5 Å². The molecule has 2 heterocycles. The van der Waals surface area contributed by atoms with Crippen molar-refractivity contribution in [1.29, 1.82) is 0 Å². The van der Waals surface area contributed by atoms with Crippen molar-refractivity contribution in [2.45, 2.75) is 6.92 Å². The molecular formula is C23H24N4O4. The lowest BCUT2D eigenvalue weighted by atomic mass is 10.1. The summed E-state index contributed by atoms with van der Waals surface area (Å²) in [6.45, 7) is 4.37. The van der Waals surface area contributed by atoms with Crippen LogP contribution in [0.15, 0.2) is 54.6 Å². The maximum atomic E-state index is 12.7. The van der Waals surface area contributed by atoms with Crippen molar-refractivity contribution < 1.29 is 19.6 Å². The SMILES string of the molecule is CC(=O)N1CCN(c2cccc(C(=O)/C=C/c3cccc(/C=C/C(=O)NO)n3)c2)CC1. The van der Waals surface area contributed by atoms with Gasteiger partial charge in [0.2, 0.25) is 5.91 Å². The Labute approximate surface area is 180 Å². The molecule has 0 bridgehead atoms. The van der Waals surface area contributed by atoms with Crippen LogP contribution in [-0.2, 0) is 9.59 Å². The summed E-state index contributed by atoms with van der Waals surface area (Å²) in [6, 6.07) is 12.6. The van der Waals surface area contributed by atoms with Gasteiger partial charge in [-0.1, -0.05) is 18.2 Å². The zero-order valence-corrected chi connectivity index (χ0v) is 17.2. The predicted molar refractivity (Wildman–Crippen MR) is 117 cm³/mol. The molecule has 0 saturated carbocycles. The van der Waals surface area contributed by atoms with Crippen LogP contribution in [-0.4, -0.2) is 58.9 Å². The summed E-state index contributed by atoms with van der Waals surface area (Å²) in [7, 11) is 0. The fourth-order valence-electron chi connectivity index (χ4n) is 3.25. The molecule has 1 aromatic heterocycles. The third-order valence-corrected chi connectivity index (χ3v) is 4.93. The van der Waals surface area contributed by atoms with Crippen LogP contribution >= 0.6 is 0 Å². The highest BCUT2D eigenvalue weighted by molar-refractivity contribution is 6.07. The molecule has 2 aromatic rings. The monoisotopic (exact) mass is 420 g/mol. The van der Waals surface area contributed by atoms with Gasteiger partial charge in [-0.15, -0.1) is 0 Å². The molecule has 31 heavy (non-hydrogen) atoms. The molecule has 0 aliphatic carbocycles. The number of hydrogen-bond acceptors (Lipinski definition) is 6. The number of anilines is 1. The van der Waals surface area contributed by atoms with Gasteiger partial charge in [0.25, 0.3) is 5.91 Å². The Bertz CT molecular complexity index is 1020. The van der Waals surface area contributed by atoms with Crippen molar-refractivity contribution in [2.24, 2.45) is 0 Å². The van der Waals surface area contributed by atoms with Crippen molar-refractivity contribution in [2.75, 3.05) is 31.1 Å². The number of aromatic nitrogens is 1. The Balaban J connectivity index is 1.67. The van der Waals surface area contributed by atoms with E-state index in [4.69, 9.17) is 5.21 Å². The second kappa shape index (κ2) is 10.3. The minimum absolute atomic E-state index is 0.0820. The average Bonchev–Trinajstić information content (AvgIpc) is 2.81. The summed E-state index contributed by atoms with van der Waals surface area (Å²) < 4.78 is 0. The minimum Gasteiger partial charge on any atom is -0.368 e. The lowest BCUT2D eigenvalue weighted by Crippen LogP contribution is -2.48. The molecule has 0 spiro atoms. The highest BCUT2D eigenvalue weighted by Crippen LogP contribution is 2.19. The van der Waals surface area contributed by atoms with Crippen LogP contribution in [0.4, 0.5) is 5.69 Å². The van der Waals surface area contributed by atoms with E-state index in [9.17, 15) is 14.4 Å². The number of piperazine rings is 1. The average molecular weight is 420 g/mol. The number of amides is 2. The number of nitrogens with one attached hydrogen (secondary N) is 1. The maximum absolute atomic E-state index is 12.7. The second-order valence-corrected chi connectivity index (χ2v) is 7.04. The van der Waals surface area contributed by atoms with Crippen molar-refractivity contribution >= 4 is 35.4 Å². The van der Waals surface area contributed by atoms with Crippen LogP contribution in [0.2, 0.25) is 0 Å². The number of benzene rings is 1. The lowest BCUT2D eigenvalue weighted by Gasteiger charge is -2.35. The first-order valence-electron chi connectivity index (χ1n) is 9.88. The van der Waals surface area contributed by atoms with Gasteiger partial charge >= 0.3 is 0 Å². The lowest BCUT2D eigenvalue weighted by molar-refractivity contribution is -0.129. The van der Waals surface area contributed by atoms with E-state index in [0.717, 1.165) is 24.9 Å². The van der Waals surface area contributed by atoms with E-state index >= 15 is 0 Å². The minimum atomic E-state index is -0.652. The van der Waals surface area contributed by atoms with E-state index in [1.54, 1.807) is 37.3 Å². The molecule has 8 nitrogen and oxygen atoms in total. The van der Waals surface area contributed by atoms with Gasteiger partial charge in [0.15, 0.2) is 5.78 Å². The maximum Gasteiger partial charge on any atom is 0.267 e. The molecule has 1 saturated heterocycles. The molecule has 8 heteroatoms. The van der Waals surface area contributed by atoms with Gasteiger partial charge in [0.05, 0.1) is 11.4 Å². The fourth-order valence-corrected chi connectivity index (χ4v) is 3.25. The molecule has 0 unspecified atom stereocenters. The Kier molecular flexibility index (Phi) is 7.29. The number of nitrogens with zero attached hydrogens (tertiary/aromatic N) is 3. The molecule has 1 aliphatic heterocycles. The van der Waals surface area contributed by atoms with Crippen molar-refractivity contribution in [1.82, 2.24) is 15.4 Å². The molecular weight excluding hydrogens is 396 g/mol. The highest BCUT2D eigenvalue weighted by atomic mass is 16.5. The number of hydroxylamine groups is 1. The van der Waals surface area contributed by atoms with Gasteiger partial charge in [0, 0.05) is 50.4 Å². The molecule has 2 amide bonds. The van der Waals surface area contributed by atoms with Crippen LogP contribution in [0.25, 0.3) is 12.2 Å². The first-order chi connectivity index (χ1) is 15.0. The highest BCUT2D eigenvalue weighted by Gasteiger charge is 2.19. The van der Waals surface area contributed by atoms with Crippen LogP contribution in [0.3, 0.4) is 0 Å². The number of rotatable bonds is 6. The number of carbonyl (C=O) groups excluding carboxylic acids is 3. The molecule has 0 radical (unpaired) electrons. The first kappa shape index (κ1) is 21.9. The third kappa shape index (κ3) is 6.10. The molecule has 1 aliphatic rings. The number of hydrogen-bond donors (Lipinski definition) is 2. The Morgan fingerprint density at radius 1 is 0.968 bits per heavy atom. The van der Waals surface area contributed by atoms with Crippen LogP contribution in [0, 0.1) is 0 Å². The number of pyridine rings is 1. The zero-order valence-electron chi connectivity index (χ0n) is 17.2. The summed E-state index contributed by atoms with van der Waals surface area (Å²) in [4.78, 5) is 43.5. The van der Waals surface area contributed by atoms with Gasteiger partial charge in [-0.3, -0.25) is 19.6 Å². The largest absolute Gasteiger partial charge is 0.368 e. The number of carbonyl (C=O) groups is 3. The summed E-state index contributed by atoms with van der Waals surface area (Å²) >= 11 is 0. The Morgan fingerprint density at radius 3 is 2.26 bits per heavy atom. The normalized spacial score (nSPS) is 14.3. The quantitative estimate of drug-likeness (QED) is 0.321. The molecule has 2 N–H and O–H groups in total. The van der Waals surface area contributed by atoms with E-state index in [2.05, 4.69) is 9.88 Å². The number of allylic oxidation sites excluding steroid dienone is 1. The first-order valence-corrected chi connectivity index (χ1v) is 9.88. The Hall–Kier alpha value is -3.78. The van der Waals surface area contributed by atoms with Gasteiger partial charge in [-0.2, -0.15) is 0 Å². The zero-order chi connectivity index (χ0) is 22.2. The molecule has 1 aromatic carbocycles. The molecule has 0 atom stereocenters. The molecule has 160 valence electrons. The van der Waals surface area contributed by atoms with Crippen molar-refractivity contribution in [3.63, 3.8) is 0 Å².